The molecule has 1 aliphatic rings. The van der Waals surface area contributed by atoms with Gasteiger partial charge in [-0.3, -0.25) is 9.59 Å². The van der Waals surface area contributed by atoms with Crippen LogP contribution < -0.4 is 0 Å². The molecule has 0 bridgehead atoms. The molecule has 0 aromatic rings. The van der Waals surface area contributed by atoms with Crippen molar-refractivity contribution in [3.63, 3.8) is 0 Å². The third-order valence-corrected chi connectivity index (χ3v) is 1.85. The molecule has 1 aliphatic heterocycles. The van der Waals surface area contributed by atoms with Crippen molar-refractivity contribution in [1.82, 2.24) is 0 Å². The van der Waals surface area contributed by atoms with Crippen LogP contribution in [0.15, 0.2) is 20.7 Å². The van der Waals surface area contributed by atoms with Gasteiger partial charge in [-0.2, -0.15) is 0 Å². The number of carbonyl (C=O) groups is 2. The molecular weight excluding hydrogens is 184 g/mol. The van der Waals surface area contributed by atoms with Crippen LogP contribution in [-0.2, 0) is 9.59 Å². The van der Waals surface area contributed by atoms with Crippen molar-refractivity contribution in [3.05, 3.63) is 5.92 Å². The van der Waals surface area contributed by atoms with Crippen molar-refractivity contribution in [2.75, 3.05) is 0 Å². The second kappa shape index (κ2) is 4.69. The fraction of sp³-hybridized carbons (Fsp3) is 0.625. The first kappa shape index (κ1) is 10.6. The van der Waals surface area contributed by atoms with E-state index in [1.807, 2.05) is 13.8 Å². The number of carbonyl (C=O) groups excluding carboxylic acids is 2. The fourth-order valence-corrected chi connectivity index (χ4v) is 1.22. The molecule has 75 valence electrons. The number of nitrogens with zero attached hydrogens (tertiary/aromatic N) is 4. The van der Waals surface area contributed by atoms with E-state index in [0.29, 0.717) is 12.7 Å². The highest BCUT2D eigenvalue weighted by molar-refractivity contribution is 6.26. The highest BCUT2D eigenvalue weighted by Gasteiger charge is 2.30. The van der Waals surface area contributed by atoms with E-state index in [4.69, 9.17) is 0 Å². The van der Waals surface area contributed by atoms with E-state index in [2.05, 4.69) is 20.7 Å². The number of rotatable bonds is 5. The molecule has 0 N–H and O–H groups in total. The molecule has 0 fully saturated rings. The first-order valence-electron chi connectivity index (χ1n) is 4.23. The summed E-state index contributed by atoms with van der Waals surface area (Å²) in [6.07, 6.45) is 0.166. The van der Waals surface area contributed by atoms with E-state index in [1.54, 1.807) is 0 Å². The molecule has 1 radical (unpaired) electrons. The quantitative estimate of drug-likeness (QED) is 0.492. The molecule has 1 unspecified atom stereocenters. The minimum atomic E-state index is -0.623. The number of hydrogen-bond acceptors (Lipinski definition) is 6. The smallest absolute Gasteiger partial charge is 0.202 e. The predicted molar refractivity (Wildman–Crippen MR) is 47.3 cm³/mol. The number of aldehydes is 1. The molecule has 0 aliphatic carbocycles. The molecule has 1 rings (SSSR count). The Morgan fingerprint density at radius 2 is 1.93 bits per heavy atom. The molecule has 0 amide bonds. The van der Waals surface area contributed by atoms with Crippen LogP contribution in [0.5, 0.6) is 0 Å². The van der Waals surface area contributed by atoms with E-state index in [1.165, 1.54) is 0 Å². The second-order valence-electron chi connectivity index (χ2n) is 3.36. The van der Waals surface area contributed by atoms with Crippen molar-refractivity contribution in [1.29, 1.82) is 0 Å². The summed E-state index contributed by atoms with van der Waals surface area (Å²) in [6.45, 7) is 3.77. The summed E-state index contributed by atoms with van der Waals surface area (Å²) in [4.78, 5) is 21.6. The predicted octanol–water partition coefficient (Wildman–Crippen LogP) is 1.53. The molecule has 6 heteroatoms. The van der Waals surface area contributed by atoms with Crippen molar-refractivity contribution in [2.24, 2.45) is 26.6 Å². The largest absolute Gasteiger partial charge is 0.295 e. The lowest BCUT2D eigenvalue weighted by atomic mass is 9.91. The maximum atomic E-state index is 11.2. The van der Waals surface area contributed by atoms with Gasteiger partial charge in [0.2, 0.25) is 5.78 Å². The van der Waals surface area contributed by atoms with Crippen LogP contribution in [0.4, 0.5) is 0 Å². The Morgan fingerprint density at radius 1 is 1.36 bits per heavy atom. The highest BCUT2D eigenvalue weighted by Crippen LogP contribution is 2.23. The van der Waals surface area contributed by atoms with Crippen molar-refractivity contribution in [3.8, 4) is 0 Å². The van der Waals surface area contributed by atoms with Crippen LogP contribution in [0, 0.1) is 11.8 Å². The molecule has 14 heavy (non-hydrogen) atoms. The summed E-state index contributed by atoms with van der Waals surface area (Å²) in [5.74, 6) is -0.00833. The zero-order valence-electron chi connectivity index (χ0n) is 8.04. The normalized spacial score (nSPS) is 17.6. The van der Waals surface area contributed by atoms with Gasteiger partial charge in [0, 0.05) is 0 Å². The monoisotopic (exact) mass is 195 g/mol. The van der Waals surface area contributed by atoms with E-state index in [0.717, 1.165) is 5.92 Å². The molecule has 0 saturated heterocycles. The SMILES string of the molecule is C[C](C)CC(C(=O)C=O)C1N=NN=N1. The lowest BCUT2D eigenvalue weighted by Gasteiger charge is -2.15. The molecule has 0 aromatic carbocycles. The molecule has 6 nitrogen and oxygen atoms in total. The standard InChI is InChI=1S/C8H11N4O2/c1-5(2)3-6(7(14)4-13)8-9-11-12-10-8/h4,6,8H,3H2,1-2H3. The summed E-state index contributed by atoms with van der Waals surface area (Å²) in [7, 11) is 0. The Kier molecular flexibility index (Phi) is 3.55. The molecule has 1 heterocycles. The van der Waals surface area contributed by atoms with Crippen LogP contribution >= 0.6 is 0 Å². The summed E-state index contributed by atoms with van der Waals surface area (Å²) in [6, 6.07) is 0. The molecular formula is C8H11N4O2. The third kappa shape index (κ3) is 2.51. The third-order valence-electron chi connectivity index (χ3n) is 1.85. The fourth-order valence-electron chi connectivity index (χ4n) is 1.22. The van der Waals surface area contributed by atoms with Gasteiger partial charge in [0.05, 0.1) is 5.92 Å². The van der Waals surface area contributed by atoms with E-state index < -0.39 is 17.9 Å². The van der Waals surface area contributed by atoms with Gasteiger partial charge in [-0.25, -0.2) is 0 Å². The van der Waals surface area contributed by atoms with Crippen LogP contribution in [0.1, 0.15) is 20.3 Å². The second-order valence-corrected chi connectivity index (χ2v) is 3.36. The Labute approximate surface area is 81.5 Å². The maximum absolute atomic E-state index is 11.2. The van der Waals surface area contributed by atoms with Crippen LogP contribution in [0.25, 0.3) is 0 Å². The van der Waals surface area contributed by atoms with Crippen LogP contribution in [-0.4, -0.2) is 18.2 Å². The average molecular weight is 195 g/mol. The Morgan fingerprint density at radius 3 is 2.36 bits per heavy atom. The summed E-state index contributed by atoms with van der Waals surface area (Å²) >= 11 is 0. The summed E-state index contributed by atoms with van der Waals surface area (Å²) < 4.78 is 0. The minimum Gasteiger partial charge on any atom is -0.295 e. The number of Topliss-reactive ketones (excluding diaryl/α,β-unsaturated/α-hetero) is 1. The van der Waals surface area contributed by atoms with Gasteiger partial charge in [0.1, 0.15) is 0 Å². The number of hydrogen-bond donors (Lipinski definition) is 0. The Hall–Kier alpha value is -1.46. The zero-order chi connectivity index (χ0) is 10.6. The lowest BCUT2D eigenvalue weighted by molar-refractivity contribution is -0.133. The summed E-state index contributed by atoms with van der Waals surface area (Å²) in [5.41, 5.74) is 0. The number of ketones is 1. The Balaban J connectivity index is 2.70. The van der Waals surface area contributed by atoms with Gasteiger partial charge in [0.15, 0.2) is 12.5 Å². The molecule has 1 atom stereocenters. The van der Waals surface area contributed by atoms with Gasteiger partial charge >= 0.3 is 0 Å². The van der Waals surface area contributed by atoms with Gasteiger partial charge in [-0.05, 0) is 22.8 Å². The van der Waals surface area contributed by atoms with Gasteiger partial charge < -0.3 is 0 Å². The molecule has 0 spiro atoms. The van der Waals surface area contributed by atoms with Gasteiger partial charge in [-0.1, -0.05) is 13.8 Å². The van der Waals surface area contributed by atoms with Crippen LogP contribution in [0.3, 0.4) is 0 Å². The molecule has 0 aromatic heterocycles. The highest BCUT2D eigenvalue weighted by atomic mass is 16.2. The van der Waals surface area contributed by atoms with E-state index in [-0.39, 0.29) is 0 Å². The van der Waals surface area contributed by atoms with E-state index in [9.17, 15) is 9.59 Å². The topological polar surface area (TPSA) is 83.6 Å². The van der Waals surface area contributed by atoms with Gasteiger partial charge in [0.25, 0.3) is 0 Å². The van der Waals surface area contributed by atoms with Crippen molar-refractivity contribution >= 4 is 12.1 Å². The summed E-state index contributed by atoms with van der Waals surface area (Å²) in [5, 5.41) is 13.9. The van der Waals surface area contributed by atoms with Crippen LogP contribution in [0.2, 0.25) is 0 Å². The zero-order valence-corrected chi connectivity index (χ0v) is 8.04. The van der Waals surface area contributed by atoms with Crippen molar-refractivity contribution < 1.29 is 9.59 Å². The van der Waals surface area contributed by atoms with E-state index >= 15 is 0 Å². The first-order valence-corrected chi connectivity index (χ1v) is 4.23. The van der Waals surface area contributed by atoms with Gasteiger partial charge in [-0.15, -0.1) is 10.2 Å². The maximum Gasteiger partial charge on any atom is 0.202 e. The van der Waals surface area contributed by atoms with Crippen molar-refractivity contribution in [2.45, 2.75) is 26.4 Å². The molecule has 0 saturated carbocycles. The lowest BCUT2D eigenvalue weighted by Crippen LogP contribution is -2.26. The average Bonchev–Trinajstić information content (AvgIpc) is 2.65. The first-order chi connectivity index (χ1) is 6.65. The Bertz CT molecular complexity index is 273. The minimum absolute atomic E-state index is 0.303.